The van der Waals surface area contributed by atoms with E-state index in [1.165, 1.54) is 5.56 Å². The quantitative estimate of drug-likeness (QED) is 0.306. The molecule has 1 fully saturated rings. The van der Waals surface area contributed by atoms with Crippen LogP contribution in [0.25, 0.3) is 0 Å². The van der Waals surface area contributed by atoms with Crippen molar-refractivity contribution in [2.75, 3.05) is 26.7 Å². The molecule has 0 aliphatic carbocycles. The normalized spacial score (nSPS) is 18.4. The van der Waals surface area contributed by atoms with Crippen molar-refractivity contribution in [3.05, 3.63) is 35.9 Å². The van der Waals surface area contributed by atoms with Crippen LogP contribution in [0.1, 0.15) is 52.1 Å². The van der Waals surface area contributed by atoms with Crippen LogP contribution in [-0.2, 0) is 4.79 Å². The highest BCUT2D eigenvalue weighted by atomic mass is 127. The Morgan fingerprint density at radius 1 is 1.32 bits per heavy atom. The Morgan fingerprint density at radius 3 is 2.61 bits per heavy atom. The van der Waals surface area contributed by atoms with Crippen LogP contribution in [0.15, 0.2) is 35.3 Å². The van der Waals surface area contributed by atoms with Gasteiger partial charge in [0.05, 0.1) is 0 Å². The summed E-state index contributed by atoms with van der Waals surface area (Å²) in [6.45, 7) is 10.8. The molecule has 2 atom stereocenters. The number of carbonyl (C=O) groups excluding carboxylic acids is 1. The van der Waals surface area contributed by atoms with E-state index < -0.39 is 0 Å². The standard InChI is InChI=1S/C21H35N5O.HI/c1-6-19(27)26-13-12-18(14-26)24-20(22-5)23-15-21(3,4)25-16(2)17-10-8-7-9-11-17;/h7-11,16,18,25H,6,12-15H2,1-5H3,(H2,22,23,24);1H. The fourth-order valence-corrected chi connectivity index (χ4v) is 3.48. The van der Waals surface area contributed by atoms with E-state index in [1.807, 2.05) is 17.9 Å². The molecule has 158 valence electrons. The molecule has 0 spiro atoms. The number of hydrogen-bond donors (Lipinski definition) is 3. The third kappa shape index (κ3) is 7.58. The fourth-order valence-electron chi connectivity index (χ4n) is 3.48. The van der Waals surface area contributed by atoms with Crippen LogP contribution in [0.4, 0.5) is 0 Å². The van der Waals surface area contributed by atoms with E-state index in [0.717, 1.165) is 32.0 Å². The number of aliphatic imine (C=N–C) groups is 1. The first-order valence-electron chi connectivity index (χ1n) is 9.92. The van der Waals surface area contributed by atoms with Crippen molar-refractivity contribution in [1.29, 1.82) is 0 Å². The molecule has 1 saturated heterocycles. The van der Waals surface area contributed by atoms with Crippen LogP contribution in [0.3, 0.4) is 0 Å². The molecule has 0 radical (unpaired) electrons. The van der Waals surface area contributed by atoms with Gasteiger partial charge in [0.1, 0.15) is 0 Å². The summed E-state index contributed by atoms with van der Waals surface area (Å²) in [7, 11) is 1.78. The Morgan fingerprint density at radius 2 is 2.00 bits per heavy atom. The lowest BCUT2D eigenvalue weighted by atomic mass is 10.0. The molecule has 1 aliphatic rings. The van der Waals surface area contributed by atoms with Gasteiger partial charge in [-0.15, -0.1) is 24.0 Å². The zero-order valence-electron chi connectivity index (χ0n) is 17.8. The van der Waals surface area contributed by atoms with E-state index in [9.17, 15) is 4.79 Å². The minimum absolute atomic E-state index is 0. The van der Waals surface area contributed by atoms with Crippen molar-refractivity contribution in [3.8, 4) is 0 Å². The van der Waals surface area contributed by atoms with Crippen molar-refractivity contribution < 1.29 is 4.79 Å². The van der Waals surface area contributed by atoms with E-state index in [-0.39, 0.29) is 47.5 Å². The first-order valence-corrected chi connectivity index (χ1v) is 9.92. The zero-order chi connectivity index (χ0) is 19.9. The molecule has 1 heterocycles. The van der Waals surface area contributed by atoms with Gasteiger partial charge in [0.2, 0.25) is 5.91 Å². The summed E-state index contributed by atoms with van der Waals surface area (Å²) >= 11 is 0. The molecule has 7 heteroatoms. The molecule has 1 aromatic carbocycles. The molecule has 0 saturated carbocycles. The first-order chi connectivity index (χ1) is 12.8. The monoisotopic (exact) mass is 501 g/mol. The van der Waals surface area contributed by atoms with Gasteiger partial charge in [0.25, 0.3) is 0 Å². The van der Waals surface area contributed by atoms with E-state index in [2.05, 4.69) is 66.0 Å². The lowest BCUT2D eigenvalue weighted by Gasteiger charge is -2.31. The van der Waals surface area contributed by atoms with Crippen LogP contribution in [0.5, 0.6) is 0 Å². The number of nitrogens with zero attached hydrogens (tertiary/aromatic N) is 2. The Kier molecular flexibility index (Phi) is 10.2. The van der Waals surface area contributed by atoms with Crippen LogP contribution < -0.4 is 16.0 Å². The second-order valence-electron chi connectivity index (χ2n) is 7.91. The minimum atomic E-state index is -0.104. The number of guanidine groups is 1. The lowest BCUT2D eigenvalue weighted by molar-refractivity contribution is -0.129. The zero-order valence-corrected chi connectivity index (χ0v) is 20.1. The van der Waals surface area contributed by atoms with Crippen LogP contribution >= 0.6 is 24.0 Å². The Bertz CT molecular complexity index is 635. The molecule has 2 rings (SSSR count). The largest absolute Gasteiger partial charge is 0.355 e. The van der Waals surface area contributed by atoms with Gasteiger partial charge in [-0.05, 0) is 32.8 Å². The number of nitrogens with one attached hydrogen (secondary N) is 3. The van der Waals surface area contributed by atoms with Crippen molar-refractivity contribution in [3.63, 3.8) is 0 Å². The second kappa shape index (κ2) is 11.6. The number of carbonyl (C=O) groups is 1. The maximum atomic E-state index is 11.8. The summed E-state index contributed by atoms with van der Waals surface area (Å²) in [6.07, 6.45) is 1.53. The van der Waals surface area contributed by atoms with Gasteiger partial charge < -0.3 is 20.9 Å². The average Bonchev–Trinajstić information content (AvgIpc) is 3.13. The van der Waals surface area contributed by atoms with Gasteiger partial charge in [-0.25, -0.2) is 0 Å². The van der Waals surface area contributed by atoms with Gasteiger partial charge >= 0.3 is 0 Å². The third-order valence-corrected chi connectivity index (χ3v) is 5.01. The Labute approximate surface area is 187 Å². The number of benzene rings is 1. The van der Waals surface area contributed by atoms with Gasteiger partial charge in [0.15, 0.2) is 5.96 Å². The molecule has 3 N–H and O–H groups in total. The van der Waals surface area contributed by atoms with E-state index in [4.69, 9.17) is 0 Å². The highest BCUT2D eigenvalue weighted by Gasteiger charge is 2.26. The Hall–Kier alpha value is -1.35. The molecule has 2 unspecified atom stereocenters. The second-order valence-corrected chi connectivity index (χ2v) is 7.91. The number of likely N-dealkylation sites (tertiary alicyclic amines) is 1. The van der Waals surface area contributed by atoms with Gasteiger partial charge in [-0.2, -0.15) is 0 Å². The van der Waals surface area contributed by atoms with Gasteiger partial charge in [-0.1, -0.05) is 37.3 Å². The summed E-state index contributed by atoms with van der Waals surface area (Å²) in [4.78, 5) is 18.1. The van der Waals surface area contributed by atoms with Crippen molar-refractivity contribution in [1.82, 2.24) is 20.9 Å². The topological polar surface area (TPSA) is 68.8 Å². The molecule has 0 aromatic heterocycles. The number of hydrogen-bond acceptors (Lipinski definition) is 3. The third-order valence-electron chi connectivity index (χ3n) is 5.01. The van der Waals surface area contributed by atoms with E-state index in [0.29, 0.717) is 6.42 Å². The van der Waals surface area contributed by atoms with E-state index >= 15 is 0 Å². The highest BCUT2D eigenvalue weighted by molar-refractivity contribution is 14.0. The molecule has 28 heavy (non-hydrogen) atoms. The maximum Gasteiger partial charge on any atom is 0.222 e. The minimum Gasteiger partial charge on any atom is -0.355 e. The molecule has 1 aromatic rings. The SMILES string of the molecule is CCC(=O)N1CCC(NC(=NC)NCC(C)(C)NC(C)c2ccccc2)C1.I. The van der Waals surface area contributed by atoms with Crippen molar-refractivity contribution in [2.24, 2.45) is 4.99 Å². The van der Waals surface area contributed by atoms with E-state index in [1.54, 1.807) is 7.05 Å². The Balaban J connectivity index is 0.00000392. The van der Waals surface area contributed by atoms with Crippen LogP contribution in [0, 0.1) is 0 Å². The summed E-state index contributed by atoms with van der Waals surface area (Å²) in [6, 6.07) is 11.0. The van der Waals surface area contributed by atoms with Crippen molar-refractivity contribution >= 4 is 35.8 Å². The molecule has 1 aliphatic heterocycles. The highest BCUT2D eigenvalue weighted by Crippen LogP contribution is 2.16. The molecular formula is C21H36IN5O. The summed E-state index contributed by atoms with van der Waals surface area (Å²) in [5.41, 5.74) is 1.17. The predicted molar refractivity (Wildman–Crippen MR) is 127 cm³/mol. The first kappa shape index (κ1) is 24.7. The van der Waals surface area contributed by atoms with Gasteiger partial charge in [0, 0.05) is 50.7 Å². The molecular weight excluding hydrogens is 465 g/mol. The molecule has 6 nitrogen and oxygen atoms in total. The number of rotatable bonds is 7. The summed E-state index contributed by atoms with van der Waals surface area (Å²) in [5.74, 6) is 1.01. The number of amides is 1. The predicted octanol–water partition coefficient (Wildman–Crippen LogP) is 2.91. The molecule has 1 amide bonds. The van der Waals surface area contributed by atoms with Gasteiger partial charge in [-0.3, -0.25) is 9.79 Å². The van der Waals surface area contributed by atoms with Crippen LogP contribution in [-0.4, -0.2) is 55.0 Å². The average molecular weight is 501 g/mol. The smallest absolute Gasteiger partial charge is 0.222 e. The maximum absolute atomic E-state index is 11.8. The number of halogens is 1. The molecule has 0 bridgehead atoms. The fraction of sp³-hybridized carbons (Fsp3) is 0.619. The van der Waals surface area contributed by atoms with Crippen LogP contribution in [0.2, 0.25) is 0 Å². The summed E-state index contributed by atoms with van der Waals surface area (Å²) in [5, 5.41) is 10.6. The van der Waals surface area contributed by atoms with Crippen molar-refractivity contribution in [2.45, 2.75) is 58.2 Å². The lowest BCUT2D eigenvalue weighted by Crippen LogP contribution is -2.53. The summed E-state index contributed by atoms with van der Waals surface area (Å²) < 4.78 is 0.